The SMILES string of the molecule is Cc1ccc(N2C(=O)CCNc3ccccc32)cc1Br. The number of anilines is 3. The highest BCUT2D eigenvalue weighted by atomic mass is 79.9. The number of carbonyl (C=O) groups excluding carboxylic acids is 1. The summed E-state index contributed by atoms with van der Waals surface area (Å²) in [4.78, 5) is 14.2. The number of rotatable bonds is 1. The molecule has 0 aromatic heterocycles. The van der Waals surface area contributed by atoms with Crippen LogP contribution < -0.4 is 10.2 Å². The molecular weight excluding hydrogens is 316 g/mol. The van der Waals surface area contributed by atoms with Crippen molar-refractivity contribution in [3.8, 4) is 0 Å². The van der Waals surface area contributed by atoms with Crippen LogP contribution in [0.15, 0.2) is 46.9 Å². The molecule has 1 heterocycles. The van der Waals surface area contributed by atoms with E-state index in [0.29, 0.717) is 13.0 Å². The van der Waals surface area contributed by atoms with Gasteiger partial charge in [0.25, 0.3) is 0 Å². The normalized spacial score (nSPS) is 14.5. The lowest BCUT2D eigenvalue weighted by Crippen LogP contribution is -2.25. The van der Waals surface area contributed by atoms with Gasteiger partial charge in [0.1, 0.15) is 0 Å². The second-order valence-corrected chi connectivity index (χ2v) is 5.71. The molecule has 2 aromatic rings. The topological polar surface area (TPSA) is 32.3 Å². The fourth-order valence-electron chi connectivity index (χ4n) is 2.37. The minimum absolute atomic E-state index is 0.109. The molecule has 0 aliphatic carbocycles. The molecule has 1 N–H and O–H groups in total. The predicted octanol–water partition coefficient (Wildman–Crippen LogP) is 4.24. The van der Waals surface area contributed by atoms with Crippen LogP contribution >= 0.6 is 15.9 Å². The summed E-state index contributed by atoms with van der Waals surface area (Å²) in [5.41, 5.74) is 3.95. The van der Waals surface area contributed by atoms with Crippen LogP contribution in [0.3, 0.4) is 0 Å². The first-order valence-electron chi connectivity index (χ1n) is 6.59. The Hall–Kier alpha value is -1.81. The number of carbonyl (C=O) groups is 1. The number of nitrogens with zero attached hydrogens (tertiary/aromatic N) is 1. The number of amides is 1. The number of halogens is 1. The summed E-state index contributed by atoms with van der Waals surface area (Å²) < 4.78 is 1.01. The highest BCUT2D eigenvalue weighted by molar-refractivity contribution is 9.10. The van der Waals surface area contributed by atoms with Crippen molar-refractivity contribution in [1.29, 1.82) is 0 Å². The van der Waals surface area contributed by atoms with E-state index in [2.05, 4.69) is 21.2 Å². The standard InChI is InChI=1S/C16H15BrN2O/c1-11-6-7-12(10-13(11)17)19-15-5-3-2-4-14(15)18-9-8-16(19)20/h2-7,10,18H,8-9H2,1H3. The molecule has 102 valence electrons. The third-order valence-electron chi connectivity index (χ3n) is 3.46. The fraction of sp³-hybridized carbons (Fsp3) is 0.188. The lowest BCUT2D eigenvalue weighted by molar-refractivity contribution is -0.117. The van der Waals surface area contributed by atoms with Crippen LogP contribution in [0.5, 0.6) is 0 Å². The van der Waals surface area contributed by atoms with Gasteiger partial charge >= 0.3 is 0 Å². The summed E-state index contributed by atoms with van der Waals surface area (Å²) in [5.74, 6) is 0.109. The van der Waals surface area contributed by atoms with Crippen LogP contribution in [-0.4, -0.2) is 12.5 Å². The lowest BCUT2D eigenvalue weighted by atomic mass is 10.1. The Labute approximate surface area is 126 Å². The number of aryl methyl sites for hydroxylation is 1. The number of fused-ring (bicyclic) bond motifs is 1. The Balaban J connectivity index is 2.14. The van der Waals surface area contributed by atoms with Crippen molar-refractivity contribution in [2.24, 2.45) is 0 Å². The number of benzene rings is 2. The molecule has 0 saturated heterocycles. The zero-order chi connectivity index (χ0) is 14.1. The Morgan fingerprint density at radius 3 is 2.80 bits per heavy atom. The lowest BCUT2D eigenvalue weighted by Gasteiger charge is -2.23. The quantitative estimate of drug-likeness (QED) is 0.848. The van der Waals surface area contributed by atoms with Crippen molar-refractivity contribution < 1.29 is 4.79 Å². The van der Waals surface area contributed by atoms with Crippen molar-refractivity contribution in [3.05, 3.63) is 52.5 Å². The van der Waals surface area contributed by atoms with Crippen LogP contribution in [0, 0.1) is 6.92 Å². The van der Waals surface area contributed by atoms with E-state index in [1.54, 1.807) is 4.90 Å². The summed E-state index contributed by atoms with van der Waals surface area (Å²) in [6.45, 7) is 2.70. The molecule has 0 saturated carbocycles. The van der Waals surface area contributed by atoms with Gasteiger partial charge in [-0.05, 0) is 36.8 Å². The highest BCUT2D eigenvalue weighted by Gasteiger charge is 2.23. The van der Waals surface area contributed by atoms with Gasteiger partial charge in [-0.15, -0.1) is 0 Å². The van der Waals surface area contributed by atoms with Crippen molar-refractivity contribution in [2.45, 2.75) is 13.3 Å². The largest absolute Gasteiger partial charge is 0.383 e. The molecule has 20 heavy (non-hydrogen) atoms. The average Bonchev–Trinajstić information content (AvgIpc) is 2.60. The van der Waals surface area contributed by atoms with Crippen LogP contribution in [0.1, 0.15) is 12.0 Å². The Morgan fingerprint density at radius 2 is 2.00 bits per heavy atom. The van der Waals surface area contributed by atoms with E-state index in [0.717, 1.165) is 27.1 Å². The zero-order valence-corrected chi connectivity index (χ0v) is 12.8. The maximum Gasteiger partial charge on any atom is 0.233 e. The zero-order valence-electron chi connectivity index (χ0n) is 11.2. The van der Waals surface area contributed by atoms with Crippen LogP contribution in [0.4, 0.5) is 17.1 Å². The highest BCUT2D eigenvalue weighted by Crippen LogP contribution is 2.36. The van der Waals surface area contributed by atoms with E-state index in [9.17, 15) is 4.79 Å². The second-order valence-electron chi connectivity index (χ2n) is 4.86. The third kappa shape index (κ3) is 2.31. The summed E-state index contributed by atoms with van der Waals surface area (Å²) >= 11 is 3.54. The van der Waals surface area contributed by atoms with E-state index in [1.165, 1.54) is 0 Å². The van der Waals surface area contributed by atoms with Gasteiger partial charge in [-0.1, -0.05) is 34.1 Å². The van der Waals surface area contributed by atoms with Crippen molar-refractivity contribution in [3.63, 3.8) is 0 Å². The van der Waals surface area contributed by atoms with Gasteiger partial charge in [0.2, 0.25) is 5.91 Å². The molecule has 0 bridgehead atoms. The predicted molar refractivity (Wildman–Crippen MR) is 85.6 cm³/mol. The number of para-hydroxylation sites is 2. The summed E-state index contributed by atoms with van der Waals surface area (Å²) in [6, 6.07) is 13.9. The molecule has 1 aliphatic rings. The van der Waals surface area contributed by atoms with E-state index in [1.807, 2.05) is 49.4 Å². The van der Waals surface area contributed by atoms with Gasteiger partial charge in [0.05, 0.1) is 17.1 Å². The Morgan fingerprint density at radius 1 is 1.20 bits per heavy atom. The molecule has 1 amide bonds. The molecular formula is C16H15BrN2O. The minimum atomic E-state index is 0.109. The fourth-order valence-corrected chi connectivity index (χ4v) is 2.74. The Kier molecular flexibility index (Phi) is 3.49. The van der Waals surface area contributed by atoms with E-state index in [4.69, 9.17) is 0 Å². The Bertz CT molecular complexity index is 669. The summed E-state index contributed by atoms with van der Waals surface area (Å²) in [7, 11) is 0. The molecule has 0 spiro atoms. The average molecular weight is 331 g/mol. The monoisotopic (exact) mass is 330 g/mol. The molecule has 0 radical (unpaired) electrons. The molecule has 3 nitrogen and oxygen atoms in total. The van der Waals surface area contributed by atoms with Crippen LogP contribution in [-0.2, 0) is 4.79 Å². The smallest absolute Gasteiger partial charge is 0.233 e. The molecule has 2 aromatic carbocycles. The third-order valence-corrected chi connectivity index (χ3v) is 4.32. The van der Waals surface area contributed by atoms with Gasteiger partial charge < -0.3 is 5.32 Å². The molecule has 1 aliphatic heterocycles. The van der Waals surface area contributed by atoms with Crippen LogP contribution in [0.2, 0.25) is 0 Å². The molecule has 0 unspecified atom stereocenters. The van der Waals surface area contributed by atoms with Crippen molar-refractivity contribution in [1.82, 2.24) is 0 Å². The van der Waals surface area contributed by atoms with Gasteiger partial charge in [-0.3, -0.25) is 9.69 Å². The minimum Gasteiger partial charge on any atom is -0.383 e. The van der Waals surface area contributed by atoms with E-state index >= 15 is 0 Å². The maximum absolute atomic E-state index is 12.4. The number of nitrogens with one attached hydrogen (secondary N) is 1. The number of hydrogen-bond acceptors (Lipinski definition) is 2. The molecule has 4 heteroatoms. The first-order chi connectivity index (χ1) is 9.66. The summed E-state index contributed by atoms with van der Waals surface area (Å²) in [5, 5.41) is 3.31. The first kappa shape index (κ1) is 13.2. The van der Waals surface area contributed by atoms with Gasteiger partial charge in [-0.25, -0.2) is 0 Å². The molecule has 0 atom stereocenters. The van der Waals surface area contributed by atoms with Gasteiger partial charge in [0, 0.05) is 17.4 Å². The maximum atomic E-state index is 12.4. The number of hydrogen-bond donors (Lipinski definition) is 1. The van der Waals surface area contributed by atoms with E-state index < -0.39 is 0 Å². The molecule has 3 rings (SSSR count). The summed E-state index contributed by atoms with van der Waals surface area (Å²) in [6.07, 6.45) is 0.486. The first-order valence-corrected chi connectivity index (χ1v) is 7.38. The van der Waals surface area contributed by atoms with Crippen molar-refractivity contribution in [2.75, 3.05) is 16.8 Å². The second kappa shape index (κ2) is 5.29. The van der Waals surface area contributed by atoms with E-state index in [-0.39, 0.29) is 5.91 Å². The van der Waals surface area contributed by atoms with Gasteiger partial charge in [-0.2, -0.15) is 0 Å². The van der Waals surface area contributed by atoms with Crippen molar-refractivity contribution >= 4 is 38.9 Å². The molecule has 0 fully saturated rings. The van der Waals surface area contributed by atoms with Crippen LogP contribution in [0.25, 0.3) is 0 Å². The van der Waals surface area contributed by atoms with Gasteiger partial charge in [0.15, 0.2) is 0 Å².